The van der Waals surface area contributed by atoms with Gasteiger partial charge in [-0.05, 0) is 52.1 Å². The quantitative estimate of drug-likeness (QED) is 0.769. The maximum Gasteiger partial charge on any atom is 0.240 e. The second-order valence-corrected chi connectivity index (χ2v) is 8.33. The lowest BCUT2D eigenvalue weighted by molar-refractivity contribution is 0.581. The lowest BCUT2D eigenvalue weighted by Crippen LogP contribution is -2.23. The maximum atomic E-state index is 12.3. The fraction of sp³-hybridized carbons (Fsp3) is 0.231. The predicted molar refractivity (Wildman–Crippen MR) is 90.3 cm³/mol. The third-order valence-electron chi connectivity index (χ3n) is 2.82. The van der Waals surface area contributed by atoms with Gasteiger partial charge in [0.05, 0.1) is 4.90 Å². The Morgan fingerprint density at radius 3 is 2.62 bits per heavy atom. The first-order valence-corrected chi connectivity index (χ1v) is 9.62. The van der Waals surface area contributed by atoms with Crippen LogP contribution in [0.4, 0.5) is 0 Å². The Balaban J connectivity index is 2.16. The van der Waals surface area contributed by atoms with Gasteiger partial charge < -0.3 is 5.32 Å². The van der Waals surface area contributed by atoms with Crippen molar-refractivity contribution in [2.75, 3.05) is 7.05 Å². The summed E-state index contributed by atoms with van der Waals surface area (Å²) < 4.78 is 28.0. The number of benzene rings is 1. The summed E-state index contributed by atoms with van der Waals surface area (Å²) >= 11 is 11.0. The van der Waals surface area contributed by atoms with Gasteiger partial charge in [0.15, 0.2) is 0 Å². The van der Waals surface area contributed by atoms with Crippen LogP contribution < -0.4 is 10.0 Å². The molecule has 0 atom stereocenters. The van der Waals surface area contributed by atoms with Gasteiger partial charge in [-0.1, -0.05) is 17.7 Å². The van der Waals surface area contributed by atoms with Crippen molar-refractivity contribution >= 4 is 48.9 Å². The molecule has 0 unspecified atom stereocenters. The van der Waals surface area contributed by atoms with Crippen LogP contribution in [-0.2, 0) is 23.1 Å². The van der Waals surface area contributed by atoms with Crippen LogP contribution in [0, 0.1) is 0 Å². The molecule has 2 aromatic rings. The zero-order valence-corrected chi connectivity index (χ0v) is 15.2. The third kappa shape index (κ3) is 4.28. The van der Waals surface area contributed by atoms with E-state index in [-0.39, 0.29) is 11.4 Å². The highest BCUT2D eigenvalue weighted by molar-refractivity contribution is 9.10. The molecule has 8 heteroatoms. The molecular formula is C13H14BrClN2O2S2. The first-order chi connectivity index (χ1) is 9.94. The predicted octanol–water partition coefficient (Wildman–Crippen LogP) is 3.36. The van der Waals surface area contributed by atoms with E-state index < -0.39 is 10.0 Å². The molecule has 21 heavy (non-hydrogen) atoms. The number of hydrogen-bond donors (Lipinski definition) is 2. The van der Waals surface area contributed by atoms with Gasteiger partial charge in [0, 0.05) is 27.5 Å². The molecule has 4 nitrogen and oxygen atoms in total. The van der Waals surface area contributed by atoms with Crippen LogP contribution in [0.3, 0.4) is 0 Å². The van der Waals surface area contributed by atoms with E-state index in [1.165, 1.54) is 17.4 Å². The van der Waals surface area contributed by atoms with Gasteiger partial charge in [-0.2, -0.15) is 0 Å². The smallest absolute Gasteiger partial charge is 0.240 e. The fourth-order valence-electron chi connectivity index (χ4n) is 1.72. The summed E-state index contributed by atoms with van der Waals surface area (Å²) in [6.45, 7) is 0.838. The summed E-state index contributed by atoms with van der Waals surface area (Å²) in [4.78, 5) is 1.09. The van der Waals surface area contributed by atoms with Crippen LogP contribution in [0.15, 0.2) is 39.0 Å². The molecule has 0 fully saturated rings. The van der Waals surface area contributed by atoms with Gasteiger partial charge >= 0.3 is 0 Å². The number of hydrogen-bond acceptors (Lipinski definition) is 4. The van der Waals surface area contributed by atoms with Crippen molar-refractivity contribution in [2.24, 2.45) is 0 Å². The second-order valence-electron chi connectivity index (χ2n) is 4.30. The Morgan fingerprint density at radius 1 is 1.29 bits per heavy atom. The summed E-state index contributed by atoms with van der Waals surface area (Å²) in [6, 6.07) is 6.64. The second kappa shape index (κ2) is 7.21. The monoisotopic (exact) mass is 408 g/mol. The molecule has 0 saturated carbocycles. The minimum atomic E-state index is -3.58. The van der Waals surface area contributed by atoms with Gasteiger partial charge in [0.1, 0.15) is 0 Å². The molecule has 1 aromatic carbocycles. The van der Waals surface area contributed by atoms with Crippen molar-refractivity contribution in [3.63, 3.8) is 0 Å². The highest BCUT2D eigenvalue weighted by atomic mass is 79.9. The highest BCUT2D eigenvalue weighted by Crippen LogP contribution is 2.24. The number of nitrogens with one attached hydrogen (secondary N) is 2. The van der Waals surface area contributed by atoms with Gasteiger partial charge in [0.2, 0.25) is 10.0 Å². The fourth-order valence-corrected chi connectivity index (χ4v) is 4.58. The number of sulfonamides is 1. The lowest BCUT2D eigenvalue weighted by Gasteiger charge is -2.09. The Kier molecular flexibility index (Phi) is 5.81. The molecule has 1 heterocycles. The Hall–Kier alpha value is -0.440. The summed E-state index contributed by atoms with van der Waals surface area (Å²) in [5, 5.41) is 5.31. The molecule has 0 radical (unpaired) electrons. The van der Waals surface area contributed by atoms with Crippen LogP contribution >= 0.6 is 38.9 Å². The van der Waals surface area contributed by atoms with E-state index in [0.29, 0.717) is 11.6 Å². The molecule has 0 aliphatic carbocycles. The van der Waals surface area contributed by atoms with E-state index in [9.17, 15) is 8.42 Å². The molecule has 0 amide bonds. The zero-order valence-electron chi connectivity index (χ0n) is 11.2. The summed E-state index contributed by atoms with van der Waals surface area (Å²) in [7, 11) is -1.77. The average molecular weight is 410 g/mol. The third-order valence-corrected chi connectivity index (χ3v) is 6.49. The van der Waals surface area contributed by atoms with Gasteiger partial charge in [-0.15, -0.1) is 11.3 Å². The Labute approximate surface area is 141 Å². The maximum absolute atomic E-state index is 12.3. The van der Waals surface area contributed by atoms with Crippen molar-refractivity contribution in [3.8, 4) is 0 Å². The summed E-state index contributed by atoms with van der Waals surface area (Å²) in [5.41, 5.74) is 0.860. The molecule has 0 aliphatic heterocycles. The van der Waals surface area contributed by atoms with Crippen molar-refractivity contribution in [3.05, 3.63) is 49.6 Å². The van der Waals surface area contributed by atoms with E-state index in [1.807, 2.05) is 11.4 Å². The molecule has 114 valence electrons. The molecule has 1 aromatic heterocycles. The molecule has 2 N–H and O–H groups in total. The topological polar surface area (TPSA) is 58.2 Å². The SMILES string of the molecule is CNCc1ccc(S(=O)(=O)NCc2sccc2Br)cc1Cl. The van der Waals surface area contributed by atoms with Crippen molar-refractivity contribution in [1.82, 2.24) is 10.0 Å². The summed E-state index contributed by atoms with van der Waals surface area (Å²) in [5.74, 6) is 0. The van der Waals surface area contributed by atoms with E-state index in [4.69, 9.17) is 11.6 Å². The standard InChI is InChI=1S/C13H14BrClN2O2S2/c1-16-7-9-2-3-10(6-12(9)15)21(18,19)17-8-13-11(14)4-5-20-13/h2-6,16-17H,7-8H2,1H3. The lowest BCUT2D eigenvalue weighted by atomic mass is 10.2. The molecule has 0 spiro atoms. The Morgan fingerprint density at radius 2 is 2.05 bits per heavy atom. The van der Waals surface area contributed by atoms with Gasteiger partial charge in [-0.3, -0.25) is 0 Å². The molecule has 0 bridgehead atoms. The van der Waals surface area contributed by atoms with Crippen molar-refractivity contribution < 1.29 is 8.42 Å². The summed E-state index contributed by atoms with van der Waals surface area (Å²) in [6.07, 6.45) is 0. The first kappa shape index (κ1) is 16.9. The molecule has 0 aliphatic rings. The van der Waals surface area contributed by atoms with Crippen LogP contribution in [-0.4, -0.2) is 15.5 Å². The Bertz CT molecular complexity index is 732. The van der Waals surface area contributed by atoms with E-state index in [1.54, 1.807) is 19.2 Å². The first-order valence-electron chi connectivity index (χ1n) is 6.08. The van der Waals surface area contributed by atoms with Gasteiger partial charge in [-0.25, -0.2) is 13.1 Å². The van der Waals surface area contributed by atoms with Crippen LogP contribution in [0.1, 0.15) is 10.4 Å². The van der Waals surface area contributed by atoms with Crippen LogP contribution in [0.5, 0.6) is 0 Å². The van der Waals surface area contributed by atoms with Crippen molar-refractivity contribution in [1.29, 1.82) is 0 Å². The van der Waals surface area contributed by atoms with E-state index in [0.717, 1.165) is 14.9 Å². The average Bonchev–Trinajstić information content (AvgIpc) is 2.84. The molecular weight excluding hydrogens is 396 g/mol. The minimum absolute atomic E-state index is 0.167. The van der Waals surface area contributed by atoms with Crippen LogP contribution in [0.2, 0.25) is 5.02 Å². The normalized spacial score (nSPS) is 11.8. The largest absolute Gasteiger partial charge is 0.316 e. The van der Waals surface area contributed by atoms with Crippen LogP contribution in [0.25, 0.3) is 0 Å². The number of halogens is 2. The van der Waals surface area contributed by atoms with E-state index in [2.05, 4.69) is 26.0 Å². The van der Waals surface area contributed by atoms with Gasteiger partial charge in [0.25, 0.3) is 0 Å². The van der Waals surface area contributed by atoms with Crippen molar-refractivity contribution in [2.45, 2.75) is 18.0 Å². The zero-order chi connectivity index (χ0) is 15.5. The molecule has 2 rings (SSSR count). The number of rotatable bonds is 6. The molecule has 0 saturated heterocycles. The minimum Gasteiger partial charge on any atom is -0.316 e. The van der Waals surface area contributed by atoms with E-state index >= 15 is 0 Å². The highest BCUT2D eigenvalue weighted by Gasteiger charge is 2.16. The number of thiophene rings is 1.